The van der Waals surface area contributed by atoms with E-state index in [1.54, 1.807) is 6.07 Å². The van der Waals surface area contributed by atoms with Gasteiger partial charge in [0, 0.05) is 12.6 Å². The van der Waals surface area contributed by atoms with Crippen molar-refractivity contribution in [3.05, 3.63) is 21.3 Å². The summed E-state index contributed by atoms with van der Waals surface area (Å²) in [5, 5.41) is 0. The van der Waals surface area contributed by atoms with Crippen molar-refractivity contribution in [2.45, 2.75) is 25.3 Å². The summed E-state index contributed by atoms with van der Waals surface area (Å²) in [6.45, 7) is 1.70. The van der Waals surface area contributed by atoms with E-state index in [2.05, 4.69) is 4.90 Å². The van der Waals surface area contributed by atoms with Gasteiger partial charge < -0.3 is 0 Å². The molecule has 1 aromatic heterocycles. The molecule has 0 amide bonds. The summed E-state index contributed by atoms with van der Waals surface area (Å²) in [6.07, 6.45) is 3.95. The summed E-state index contributed by atoms with van der Waals surface area (Å²) < 4.78 is 0.700. The molecule has 0 N–H and O–H groups in total. The van der Waals surface area contributed by atoms with Gasteiger partial charge in [-0.25, -0.2) is 0 Å². The molecule has 2 aliphatic rings. The maximum Gasteiger partial charge on any atom is 0.186 e. The third kappa shape index (κ3) is 1.92. The largest absolute Gasteiger partial charge is 0.293 e. The fourth-order valence-corrected chi connectivity index (χ4v) is 3.92. The predicted molar refractivity (Wildman–Crippen MR) is 66.4 cm³/mol. The normalized spacial score (nSPS) is 28.8. The molecule has 0 aromatic carbocycles. The Morgan fingerprint density at radius 2 is 2.38 bits per heavy atom. The fourth-order valence-electron chi connectivity index (χ4n) is 2.95. The van der Waals surface area contributed by atoms with Crippen molar-refractivity contribution in [2.24, 2.45) is 5.92 Å². The highest BCUT2D eigenvalue weighted by Gasteiger charge is 2.38. The highest BCUT2D eigenvalue weighted by atomic mass is 35.5. The number of halogens is 1. The van der Waals surface area contributed by atoms with Crippen LogP contribution in [0.3, 0.4) is 0 Å². The Kier molecular flexibility index (Phi) is 2.78. The van der Waals surface area contributed by atoms with E-state index in [1.807, 2.05) is 6.07 Å². The van der Waals surface area contributed by atoms with Crippen molar-refractivity contribution < 1.29 is 4.79 Å². The average molecular weight is 256 g/mol. The van der Waals surface area contributed by atoms with Crippen LogP contribution in [0.1, 0.15) is 28.9 Å². The van der Waals surface area contributed by atoms with Crippen molar-refractivity contribution >= 4 is 28.7 Å². The van der Waals surface area contributed by atoms with Crippen LogP contribution in [0.2, 0.25) is 4.34 Å². The van der Waals surface area contributed by atoms with Crippen LogP contribution in [-0.2, 0) is 0 Å². The number of hydrogen-bond donors (Lipinski definition) is 0. The van der Waals surface area contributed by atoms with Crippen LogP contribution in [0.15, 0.2) is 12.1 Å². The van der Waals surface area contributed by atoms with Gasteiger partial charge in [0.2, 0.25) is 0 Å². The highest BCUT2D eigenvalue weighted by Crippen LogP contribution is 2.37. The predicted octanol–water partition coefficient (Wildman–Crippen LogP) is 3.07. The summed E-state index contributed by atoms with van der Waals surface area (Å²) in [6, 6.07) is 4.31. The standard InChI is InChI=1S/C12H14ClNOS/c13-12-4-3-11(16-12)10(15)7-14-6-8-1-2-9(14)5-8/h3-4,8-9H,1-2,5-7H2. The first-order valence-corrected chi connectivity index (χ1v) is 6.94. The lowest BCUT2D eigenvalue weighted by Gasteiger charge is -2.25. The van der Waals surface area contributed by atoms with E-state index in [1.165, 1.54) is 30.6 Å². The number of piperidine rings is 1. The van der Waals surface area contributed by atoms with E-state index in [-0.39, 0.29) is 5.78 Å². The van der Waals surface area contributed by atoms with Crippen molar-refractivity contribution in [1.82, 2.24) is 4.90 Å². The smallest absolute Gasteiger partial charge is 0.186 e. The van der Waals surface area contributed by atoms with E-state index < -0.39 is 0 Å². The maximum atomic E-state index is 12.0. The summed E-state index contributed by atoms with van der Waals surface area (Å²) in [5.74, 6) is 1.08. The second kappa shape index (κ2) is 4.13. The number of thiophene rings is 1. The van der Waals surface area contributed by atoms with Crippen molar-refractivity contribution in [2.75, 3.05) is 13.1 Å². The van der Waals surface area contributed by atoms with Crippen LogP contribution in [-0.4, -0.2) is 29.8 Å². The van der Waals surface area contributed by atoms with Gasteiger partial charge in [-0.1, -0.05) is 11.6 Å². The number of likely N-dealkylation sites (tertiary alicyclic amines) is 1. The van der Waals surface area contributed by atoms with Crippen LogP contribution in [0.4, 0.5) is 0 Å². The molecule has 2 unspecified atom stereocenters. The first-order chi connectivity index (χ1) is 7.72. The zero-order valence-electron chi connectivity index (χ0n) is 8.99. The van der Waals surface area contributed by atoms with Crippen molar-refractivity contribution in [3.8, 4) is 0 Å². The number of Topliss-reactive ketones (excluding diaryl/α,β-unsaturated/α-hetero) is 1. The Hall–Kier alpha value is -0.380. The molecule has 2 bridgehead atoms. The number of ketones is 1. The number of nitrogens with zero attached hydrogens (tertiary/aromatic N) is 1. The van der Waals surface area contributed by atoms with Crippen LogP contribution in [0.25, 0.3) is 0 Å². The average Bonchev–Trinajstić information content (AvgIpc) is 2.92. The molecule has 2 fully saturated rings. The second-order valence-corrected chi connectivity index (χ2v) is 6.50. The third-order valence-corrected chi connectivity index (χ3v) is 4.99. The molecular weight excluding hydrogens is 242 g/mol. The van der Waals surface area contributed by atoms with Crippen molar-refractivity contribution in [3.63, 3.8) is 0 Å². The van der Waals surface area contributed by atoms with Crippen LogP contribution < -0.4 is 0 Å². The number of carbonyl (C=O) groups excluding carboxylic acids is 1. The van der Waals surface area contributed by atoms with E-state index in [0.717, 1.165) is 17.3 Å². The minimum absolute atomic E-state index is 0.226. The lowest BCUT2D eigenvalue weighted by Crippen LogP contribution is -2.36. The zero-order valence-corrected chi connectivity index (χ0v) is 10.6. The Labute approximate surface area is 104 Å². The summed E-state index contributed by atoms with van der Waals surface area (Å²) in [4.78, 5) is 15.2. The molecule has 3 rings (SSSR count). The van der Waals surface area contributed by atoms with Gasteiger partial charge in [-0.3, -0.25) is 9.69 Å². The van der Waals surface area contributed by atoms with Gasteiger partial charge in [-0.2, -0.15) is 0 Å². The molecular formula is C12H14ClNOS. The SMILES string of the molecule is O=C(CN1CC2CCC1C2)c1ccc(Cl)s1. The zero-order chi connectivity index (χ0) is 11.1. The van der Waals surface area contributed by atoms with E-state index in [9.17, 15) is 4.79 Å². The Bertz CT molecular complexity index is 417. The van der Waals surface area contributed by atoms with Crippen molar-refractivity contribution in [1.29, 1.82) is 0 Å². The van der Waals surface area contributed by atoms with Crippen LogP contribution >= 0.6 is 22.9 Å². The topological polar surface area (TPSA) is 20.3 Å². The molecule has 16 heavy (non-hydrogen) atoms. The van der Waals surface area contributed by atoms with Gasteiger partial charge >= 0.3 is 0 Å². The summed E-state index contributed by atoms with van der Waals surface area (Å²) in [5.41, 5.74) is 0. The van der Waals surface area contributed by atoms with Crippen LogP contribution in [0, 0.1) is 5.92 Å². The van der Waals surface area contributed by atoms with Crippen LogP contribution in [0.5, 0.6) is 0 Å². The molecule has 0 radical (unpaired) electrons. The first kappa shape index (κ1) is 10.8. The molecule has 1 aliphatic heterocycles. The molecule has 1 aromatic rings. The van der Waals surface area contributed by atoms with Gasteiger partial charge in [0.1, 0.15) is 0 Å². The number of carbonyl (C=O) groups is 1. The second-order valence-electron chi connectivity index (χ2n) is 4.79. The number of rotatable bonds is 3. The van der Waals surface area contributed by atoms with E-state index in [4.69, 9.17) is 11.6 Å². The number of hydrogen-bond acceptors (Lipinski definition) is 3. The molecule has 2 atom stereocenters. The highest BCUT2D eigenvalue weighted by molar-refractivity contribution is 7.18. The molecule has 86 valence electrons. The minimum atomic E-state index is 0.226. The van der Waals surface area contributed by atoms with Gasteiger partial charge in [-0.05, 0) is 37.3 Å². The molecule has 0 spiro atoms. The lowest BCUT2D eigenvalue weighted by molar-refractivity contribution is 0.0909. The van der Waals surface area contributed by atoms with Gasteiger partial charge in [0.05, 0.1) is 15.8 Å². The summed E-state index contributed by atoms with van der Waals surface area (Å²) >= 11 is 7.23. The van der Waals surface area contributed by atoms with Gasteiger partial charge in [-0.15, -0.1) is 11.3 Å². The quantitative estimate of drug-likeness (QED) is 0.774. The molecule has 2 heterocycles. The molecule has 2 nitrogen and oxygen atoms in total. The van der Waals surface area contributed by atoms with Gasteiger partial charge in [0.15, 0.2) is 5.78 Å². The first-order valence-electron chi connectivity index (χ1n) is 5.75. The molecule has 4 heteroatoms. The Balaban J connectivity index is 1.65. The molecule has 1 aliphatic carbocycles. The molecule has 1 saturated heterocycles. The summed E-state index contributed by atoms with van der Waals surface area (Å²) in [7, 11) is 0. The lowest BCUT2D eigenvalue weighted by atomic mass is 10.1. The third-order valence-electron chi connectivity index (χ3n) is 3.72. The van der Waals surface area contributed by atoms with Gasteiger partial charge in [0.25, 0.3) is 0 Å². The Morgan fingerprint density at radius 3 is 2.94 bits per heavy atom. The fraction of sp³-hybridized carbons (Fsp3) is 0.583. The number of fused-ring (bicyclic) bond motifs is 2. The monoisotopic (exact) mass is 255 g/mol. The maximum absolute atomic E-state index is 12.0. The van der Waals surface area contributed by atoms with E-state index in [0.29, 0.717) is 16.9 Å². The Morgan fingerprint density at radius 1 is 1.50 bits per heavy atom. The minimum Gasteiger partial charge on any atom is -0.293 e. The molecule has 1 saturated carbocycles. The van der Waals surface area contributed by atoms with E-state index >= 15 is 0 Å².